The van der Waals surface area contributed by atoms with Crippen LogP contribution in [0.1, 0.15) is 18.2 Å². The van der Waals surface area contributed by atoms with Gasteiger partial charge in [0.25, 0.3) is 0 Å². The number of nitrogens with zero attached hydrogens (tertiary/aromatic N) is 2. The lowest BCUT2D eigenvalue weighted by atomic mass is 9.89. The molecule has 3 heterocycles. The van der Waals surface area contributed by atoms with Crippen LogP contribution < -0.4 is 5.32 Å². The van der Waals surface area contributed by atoms with Crippen LogP contribution in [0.5, 0.6) is 0 Å². The summed E-state index contributed by atoms with van der Waals surface area (Å²) in [5.41, 5.74) is 0.501. The molecule has 0 aromatic carbocycles. The SMILES string of the molecule is CC1(CN2CCN(Cc3ccc(Br)s3)CC2)CCNC1. The summed E-state index contributed by atoms with van der Waals surface area (Å²) in [5.74, 6) is 0. The zero-order valence-electron chi connectivity index (χ0n) is 12.2. The lowest BCUT2D eigenvalue weighted by Gasteiger charge is -2.38. The van der Waals surface area contributed by atoms with E-state index in [1.165, 1.54) is 60.9 Å². The predicted molar refractivity (Wildman–Crippen MR) is 89.3 cm³/mol. The van der Waals surface area contributed by atoms with Crippen molar-refractivity contribution in [3.05, 3.63) is 20.8 Å². The standard InChI is InChI=1S/C15H24BrN3S/c1-15(4-5-17-11-15)12-19-8-6-18(7-9-19)10-13-2-3-14(16)20-13/h2-3,17H,4-12H2,1H3. The summed E-state index contributed by atoms with van der Waals surface area (Å²) >= 11 is 5.41. The van der Waals surface area contributed by atoms with E-state index in [9.17, 15) is 0 Å². The summed E-state index contributed by atoms with van der Waals surface area (Å²) in [7, 11) is 0. The first kappa shape index (κ1) is 15.0. The number of piperazine rings is 1. The normalized spacial score (nSPS) is 29.1. The Hall–Kier alpha value is 0.0600. The van der Waals surface area contributed by atoms with Gasteiger partial charge in [-0.05, 0) is 46.4 Å². The van der Waals surface area contributed by atoms with Crippen LogP contribution in [0.4, 0.5) is 0 Å². The minimum atomic E-state index is 0.501. The highest BCUT2D eigenvalue weighted by molar-refractivity contribution is 9.11. The first-order valence-electron chi connectivity index (χ1n) is 7.53. The molecule has 2 aliphatic heterocycles. The molecule has 2 aliphatic rings. The van der Waals surface area contributed by atoms with Crippen LogP contribution in [-0.4, -0.2) is 55.6 Å². The number of hydrogen-bond acceptors (Lipinski definition) is 4. The Morgan fingerprint density at radius 1 is 1.25 bits per heavy atom. The maximum atomic E-state index is 3.55. The number of thiophene rings is 1. The Bertz CT molecular complexity index is 434. The lowest BCUT2D eigenvalue weighted by molar-refractivity contribution is 0.0938. The molecular weight excluding hydrogens is 334 g/mol. The van der Waals surface area contributed by atoms with Crippen molar-refractivity contribution in [2.75, 3.05) is 45.8 Å². The quantitative estimate of drug-likeness (QED) is 0.893. The Balaban J connectivity index is 1.45. The van der Waals surface area contributed by atoms with E-state index < -0.39 is 0 Å². The van der Waals surface area contributed by atoms with Crippen molar-refractivity contribution in [1.82, 2.24) is 15.1 Å². The van der Waals surface area contributed by atoms with Gasteiger partial charge >= 0.3 is 0 Å². The van der Waals surface area contributed by atoms with Crippen molar-refractivity contribution < 1.29 is 0 Å². The molecule has 0 amide bonds. The Labute approximate surface area is 134 Å². The molecule has 3 nitrogen and oxygen atoms in total. The smallest absolute Gasteiger partial charge is 0.0701 e. The van der Waals surface area contributed by atoms with E-state index in [1.54, 1.807) is 0 Å². The molecule has 0 saturated carbocycles. The van der Waals surface area contributed by atoms with E-state index in [-0.39, 0.29) is 0 Å². The second kappa shape index (κ2) is 6.44. The van der Waals surface area contributed by atoms with E-state index in [2.05, 4.69) is 50.1 Å². The minimum absolute atomic E-state index is 0.501. The van der Waals surface area contributed by atoms with Gasteiger partial charge < -0.3 is 10.2 Å². The molecule has 1 atom stereocenters. The van der Waals surface area contributed by atoms with Crippen LogP contribution in [0, 0.1) is 5.41 Å². The average molecular weight is 358 g/mol. The molecule has 112 valence electrons. The second-order valence-corrected chi connectivity index (χ2v) is 9.04. The van der Waals surface area contributed by atoms with Gasteiger partial charge in [0.15, 0.2) is 0 Å². The fraction of sp³-hybridized carbons (Fsp3) is 0.733. The zero-order chi connectivity index (χ0) is 14.0. The minimum Gasteiger partial charge on any atom is -0.316 e. The first-order valence-corrected chi connectivity index (χ1v) is 9.14. The van der Waals surface area contributed by atoms with E-state index in [0.717, 1.165) is 6.54 Å². The highest BCUT2D eigenvalue weighted by atomic mass is 79.9. The van der Waals surface area contributed by atoms with Crippen LogP contribution in [0.15, 0.2) is 15.9 Å². The molecule has 1 N–H and O–H groups in total. The average Bonchev–Trinajstić information content (AvgIpc) is 3.01. The summed E-state index contributed by atoms with van der Waals surface area (Å²) in [6.45, 7) is 12.1. The summed E-state index contributed by atoms with van der Waals surface area (Å²) in [6.07, 6.45) is 1.33. The third-order valence-electron chi connectivity index (χ3n) is 4.54. The second-order valence-electron chi connectivity index (χ2n) is 6.50. The maximum Gasteiger partial charge on any atom is 0.0701 e. The third kappa shape index (κ3) is 3.83. The Morgan fingerprint density at radius 2 is 2.00 bits per heavy atom. The van der Waals surface area contributed by atoms with Gasteiger partial charge in [-0.3, -0.25) is 4.90 Å². The van der Waals surface area contributed by atoms with Gasteiger partial charge in [-0.2, -0.15) is 0 Å². The molecule has 3 rings (SSSR count). The molecule has 1 aromatic heterocycles. The Kier molecular flexibility index (Phi) is 4.82. The van der Waals surface area contributed by atoms with Crippen molar-refractivity contribution in [2.45, 2.75) is 19.9 Å². The van der Waals surface area contributed by atoms with Crippen molar-refractivity contribution in [2.24, 2.45) is 5.41 Å². The van der Waals surface area contributed by atoms with Gasteiger partial charge in [0.2, 0.25) is 0 Å². The molecule has 2 fully saturated rings. The maximum absolute atomic E-state index is 3.55. The fourth-order valence-electron chi connectivity index (χ4n) is 3.31. The van der Waals surface area contributed by atoms with E-state index in [1.807, 2.05) is 11.3 Å². The van der Waals surface area contributed by atoms with Gasteiger partial charge in [-0.25, -0.2) is 0 Å². The van der Waals surface area contributed by atoms with Crippen molar-refractivity contribution >= 4 is 27.3 Å². The van der Waals surface area contributed by atoms with Gasteiger partial charge in [-0.1, -0.05) is 6.92 Å². The van der Waals surface area contributed by atoms with Gasteiger partial charge in [0, 0.05) is 50.7 Å². The summed E-state index contributed by atoms with van der Waals surface area (Å²) < 4.78 is 1.24. The molecule has 0 radical (unpaired) electrons. The fourth-order valence-corrected chi connectivity index (χ4v) is 4.83. The zero-order valence-corrected chi connectivity index (χ0v) is 14.6. The van der Waals surface area contributed by atoms with E-state index in [0.29, 0.717) is 5.41 Å². The van der Waals surface area contributed by atoms with E-state index in [4.69, 9.17) is 0 Å². The molecule has 1 unspecified atom stereocenters. The van der Waals surface area contributed by atoms with Gasteiger partial charge in [0.1, 0.15) is 0 Å². The van der Waals surface area contributed by atoms with Crippen LogP contribution >= 0.6 is 27.3 Å². The van der Waals surface area contributed by atoms with Crippen LogP contribution in [0.2, 0.25) is 0 Å². The van der Waals surface area contributed by atoms with Crippen LogP contribution in [-0.2, 0) is 6.54 Å². The molecule has 0 spiro atoms. The number of rotatable bonds is 4. The molecule has 5 heteroatoms. The summed E-state index contributed by atoms with van der Waals surface area (Å²) in [6, 6.07) is 4.40. The Morgan fingerprint density at radius 3 is 2.60 bits per heavy atom. The van der Waals surface area contributed by atoms with Crippen LogP contribution in [0.3, 0.4) is 0 Å². The van der Waals surface area contributed by atoms with Crippen molar-refractivity contribution in [3.8, 4) is 0 Å². The lowest BCUT2D eigenvalue weighted by Crippen LogP contribution is -2.49. The molecule has 0 aliphatic carbocycles. The molecular formula is C15H24BrN3S. The highest BCUT2D eigenvalue weighted by Gasteiger charge is 2.31. The largest absolute Gasteiger partial charge is 0.316 e. The van der Waals surface area contributed by atoms with Gasteiger partial charge in [0.05, 0.1) is 3.79 Å². The monoisotopic (exact) mass is 357 g/mol. The number of hydrogen-bond donors (Lipinski definition) is 1. The van der Waals surface area contributed by atoms with Crippen molar-refractivity contribution in [1.29, 1.82) is 0 Å². The third-order valence-corrected chi connectivity index (χ3v) is 6.14. The number of nitrogens with one attached hydrogen (secondary N) is 1. The number of halogens is 1. The molecule has 2 saturated heterocycles. The predicted octanol–water partition coefficient (Wildman–Crippen LogP) is 2.63. The first-order chi connectivity index (χ1) is 9.63. The summed E-state index contributed by atoms with van der Waals surface area (Å²) in [4.78, 5) is 6.72. The van der Waals surface area contributed by atoms with Crippen LogP contribution in [0.25, 0.3) is 0 Å². The molecule has 0 bridgehead atoms. The topological polar surface area (TPSA) is 18.5 Å². The molecule has 20 heavy (non-hydrogen) atoms. The van der Waals surface area contributed by atoms with E-state index >= 15 is 0 Å². The van der Waals surface area contributed by atoms with Crippen molar-refractivity contribution in [3.63, 3.8) is 0 Å². The highest BCUT2D eigenvalue weighted by Crippen LogP contribution is 2.27. The van der Waals surface area contributed by atoms with Gasteiger partial charge in [-0.15, -0.1) is 11.3 Å². The summed E-state index contributed by atoms with van der Waals surface area (Å²) in [5, 5.41) is 3.51. The molecule has 1 aromatic rings.